The van der Waals surface area contributed by atoms with Gasteiger partial charge in [0.05, 0.1) is 11.6 Å². The Morgan fingerprint density at radius 1 is 1.31 bits per heavy atom. The third-order valence-corrected chi connectivity index (χ3v) is 5.58. The number of nitrogens with zero attached hydrogens (tertiary/aromatic N) is 3. The average molecular weight is 410 g/mol. The third-order valence-electron chi connectivity index (χ3n) is 4.52. The van der Waals surface area contributed by atoms with E-state index in [-0.39, 0.29) is 17.7 Å². The van der Waals surface area contributed by atoms with Crippen LogP contribution in [0.15, 0.2) is 49.2 Å². The maximum atomic E-state index is 12.6. The van der Waals surface area contributed by atoms with E-state index < -0.39 is 0 Å². The van der Waals surface area contributed by atoms with Gasteiger partial charge in [0.15, 0.2) is 5.13 Å². The van der Waals surface area contributed by atoms with E-state index in [9.17, 15) is 9.59 Å². The number of nitrogens with one attached hydrogen (secondary N) is 2. The first-order valence-corrected chi connectivity index (χ1v) is 10.1. The molecule has 0 saturated carbocycles. The molecule has 0 radical (unpaired) electrons. The lowest BCUT2D eigenvalue weighted by molar-refractivity contribution is -0.117. The number of carbonyl (C=O) groups excluding carboxylic acids is 2. The second-order valence-electron chi connectivity index (χ2n) is 6.55. The number of aromatic nitrogens is 3. The van der Waals surface area contributed by atoms with E-state index in [2.05, 4.69) is 34.2 Å². The fourth-order valence-electron chi connectivity index (χ4n) is 2.76. The SMILES string of the molecule is C=CC(=O)Nc1cc(-c2cccc(C(C)C(=O)Nc3ncc(CC)s3)c2)nn1C. The van der Waals surface area contributed by atoms with Gasteiger partial charge in [-0.05, 0) is 31.1 Å². The van der Waals surface area contributed by atoms with Crippen molar-refractivity contribution < 1.29 is 9.59 Å². The second kappa shape index (κ2) is 8.83. The number of hydrogen-bond acceptors (Lipinski definition) is 5. The molecule has 8 heteroatoms. The van der Waals surface area contributed by atoms with Crippen LogP contribution in [-0.4, -0.2) is 26.6 Å². The molecule has 2 N–H and O–H groups in total. The number of hydrogen-bond donors (Lipinski definition) is 2. The average Bonchev–Trinajstić information content (AvgIpc) is 3.33. The fourth-order valence-corrected chi connectivity index (χ4v) is 3.52. The summed E-state index contributed by atoms with van der Waals surface area (Å²) >= 11 is 1.49. The first kappa shape index (κ1) is 20.5. The normalized spacial score (nSPS) is 11.7. The van der Waals surface area contributed by atoms with Crippen molar-refractivity contribution in [1.29, 1.82) is 0 Å². The van der Waals surface area contributed by atoms with Gasteiger partial charge in [-0.1, -0.05) is 31.7 Å². The zero-order chi connectivity index (χ0) is 21.0. The van der Waals surface area contributed by atoms with Gasteiger partial charge in [-0.25, -0.2) is 4.98 Å². The highest BCUT2D eigenvalue weighted by Crippen LogP contribution is 2.27. The lowest BCUT2D eigenvalue weighted by atomic mass is 9.97. The second-order valence-corrected chi connectivity index (χ2v) is 7.67. The molecule has 2 heterocycles. The minimum atomic E-state index is -0.354. The Kier molecular flexibility index (Phi) is 6.23. The highest BCUT2D eigenvalue weighted by Gasteiger charge is 2.18. The molecule has 29 heavy (non-hydrogen) atoms. The molecule has 0 fully saturated rings. The van der Waals surface area contributed by atoms with E-state index in [0.29, 0.717) is 16.6 Å². The number of aryl methyl sites for hydroxylation is 2. The molecule has 1 atom stereocenters. The maximum Gasteiger partial charge on any atom is 0.248 e. The van der Waals surface area contributed by atoms with E-state index in [1.807, 2.05) is 31.2 Å². The van der Waals surface area contributed by atoms with Crippen LogP contribution in [0, 0.1) is 0 Å². The summed E-state index contributed by atoms with van der Waals surface area (Å²) in [4.78, 5) is 29.6. The predicted octanol–water partition coefficient (Wildman–Crippen LogP) is 3.97. The van der Waals surface area contributed by atoms with Gasteiger partial charge in [0, 0.05) is 29.8 Å². The zero-order valence-corrected chi connectivity index (χ0v) is 17.4. The third kappa shape index (κ3) is 4.78. The number of benzene rings is 1. The van der Waals surface area contributed by atoms with Crippen LogP contribution in [0.2, 0.25) is 0 Å². The van der Waals surface area contributed by atoms with E-state index in [0.717, 1.165) is 22.4 Å². The van der Waals surface area contributed by atoms with Crippen molar-refractivity contribution in [2.45, 2.75) is 26.2 Å². The molecular formula is C21H23N5O2S. The van der Waals surface area contributed by atoms with Crippen molar-refractivity contribution in [1.82, 2.24) is 14.8 Å². The van der Waals surface area contributed by atoms with E-state index in [1.165, 1.54) is 17.4 Å². The summed E-state index contributed by atoms with van der Waals surface area (Å²) in [7, 11) is 1.75. The Bertz CT molecular complexity index is 1050. The Morgan fingerprint density at radius 3 is 2.79 bits per heavy atom. The summed E-state index contributed by atoms with van der Waals surface area (Å²) in [6.45, 7) is 7.36. The van der Waals surface area contributed by atoms with Gasteiger partial charge < -0.3 is 10.6 Å². The highest BCUT2D eigenvalue weighted by atomic mass is 32.1. The molecule has 1 aromatic carbocycles. The molecule has 3 rings (SSSR count). The first-order valence-electron chi connectivity index (χ1n) is 9.24. The van der Waals surface area contributed by atoms with Gasteiger partial charge in [-0.2, -0.15) is 5.10 Å². The van der Waals surface area contributed by atoms with Gasteiger partial charge in [0.25, 0.3) is 0 Å². The Labute approximate surface area is 173 Å². The monoisotopic (exact) mass is 409 g/mol. The molecule has 0 bridgehead atoms. The minimum absolute atomic E-state index is 0.112. The first-order chi connectivity index (χ1) is 13.9. The number of carbonyl (C=O) groups is 2. The summed E-state index contributed by atoms with van der Waals surface area (Å²) in [5, 5.41) is 10.7. The van der Waals surface area contributed by atoms with Crippen LogP contribution in [0.5, 0.6) is 0 Å². The van der Waals surface area contributed by atoms with Crippen LogP contribution in [0.1, 0.15) is 30.2 Å². The van der Waals surface area contributed by atoms with Crippen LogP contribution < -0.4 is 10.6 Å². The topological polar surface area (TPSA) is 88.9 Å². The van der Waals surface area contributed by atoms with Crippen molar-refractivity contribution in [3.05, 3.63) is 59.6 Å². The molecule has 0 saturated heterocycles. The van der Waals surface area contributed by atoms with Gasteiger partial charge in [-0.15, -0.1) is 11.3 Å². The van der Waals surface area contributed by atoms with Crippen molar-refractivity contribution in [3.8, 4) is 11.3 Å². The lowest BCUT2D eigenvalue weighted by Crippen LogP contribution is -2.18. The summed E-state index contributed by atoms with van der Waals surface area (Å²) in [6.07, 6.45) is 3.89. The van der Waals surface area contributed by atoms with Crippen LogP contribution in [0.25, 0.3) is 11.3 Å². The van der Waals surface area contributed by atoms with E-state index in [4.69, 9.17) is 0 Å². The number of amides is 2. The van der Waals surface area contributed by atoms with Crippen molar-refractivity contribution in [3.63, 3.8) is 0 Å². The number of rotatable bonds is 7. The highest BCUT2D eigenvalue weighted by molar-refractivity contribution is 7.15. The zero-order valence-electron chi connectivity index (χ0n) is 16.6. The summed E-state index contributed by atoms with van der Waals surface area (Å²) in [5.41, 5.74) is 2.43. The van der Waals surface area contributed by atoms with Gasteiger partial charge in [0.2, 0.25) is 11.8 Å². The Hall–Kier alpha value is -3.26. The van der Waals surface area contributed by atoms with Crippen LogP contribution >= 0.6 is 11.3 Å². The van der Waals surface area contributed by atoms with Crippen molar-refractivity contribution in [2.75, 3.05) is 10.6 Å². The van der Waals surface area contributed by atoms with Gasteiger partial charge >= 0.3 is 0 Å². The van der Waals surface area contributed by atoms with Crippen LogP contribution in [-0.2, 0) is 23.1 Å². The maximum absolute atomic E-state index is 12.6. The smallest absolute Gasteiger partial charge is 0.248 e. The molecule has 1 unspecified atom stereocenters. The minimum Gasteiger partial charge on any atom is -0.307 e. The van der Waals surface area contributed by atoms with E-state index in [1.54, 1.807) is 24.0 Å². The number of anilines is 2. The van der Waals surface area contributed by atoms with Gasteiger partial charge in [-0.3, -0.25) is 14.3 Å². The largest absolute Gasteiger partial charge is 0.307 e. The summed E-state index contributed by atoms with van der Waals surface area (Å²) < 4.78 is 1.59. The quantitative estimate of drug-likeness (QED) is 0.578. The predicted molar refractivity (Wildman–Crippen MR) is 116 cm³/mol. The molecule has 7 nitrogen and oxygen atoms in total. The lowest BCUT2D eigenvalue weighted by Gasteiger charge is -2.12. The van der Waals surface area contributed by atoms with Crippen LogP contribution in [0.3, 0.4) is 0 Å². The Balaban J connectivity index is 1.78. The van der Waals surface area contributed by atoms with Crippen molar-refractivity contribution >= 4 is 34.1 Å². The van der Waals surface area contributed by atoms with Crippen LogP contribution in [0.4, 0.5) is 10.9 Å². The standard InChI is InChI=1S/C21H23N5O2S/c1-5-16-12-22-21(29-16)24-20(28)13(3)14-8-7-9-15(10-14)17-11-18(26(4)25-17)23-19(27)6-2/h6-13H,2,5H2,1,3-4H3,(H,23,27)(H,22,24,28). The molecule has 0 aliphatic carbocycles. The molecule has 2 amide bonds. The molecular weight excluding hydrogens is 386 g/mol. The van der Waals surface area contributed by atoms with Crippen molar-refractivity contribution in [2.24, 2.45) is 7.05 Å². The van der Waals surface area contributed by atoms with Gasteiger partial charge in [0.1, 0.15) is 5.82 Å². The molecule has 150 valence electrons. The number of thiazole rings is 1. The molecule has 0 spiro atoms. The molecule has 0 aliphatic rings. The molecule has 2 aromatic heterocycles. The fraction of sp³-hybridized carbons (Fsp3) is 0.238. The summed E-state index contributed by atoms with van der Waals surface area (Å²) in [5.74, 6) is -0.199. The molecule has 3 aromatic rings. The van der Waals surface area contributed by atoms with E-state index >= 15 is 0 Å². The molecule has 0 aliphatic heterocycles. The summed E-state index contributed by atoms with van der Waals surface area (Å²) in [6, 6.07) is 9.45. The Morgan fingerprint density at radius 2 is 2.10 bits per heavy atom.